The number of thioether (sulfide) groups is 1. The molecule has 0 saturated heterocycles. The van der Waals surface area contributed by atoms with E-state index in [1.165, 1.54) is 0 Å². The standard InChI is InChI=1S/C9H16N6O2S/c1-3-4-11-8(17)12-6(16)5-18-9-14-13-7(10)15(9)2/h3-5H2,1-2H3,(H2,10,13)(H2,11,12,16,17). The fraction of sp³-hybridized carbons (Fsp3) is 0.556. The van der Waals surface area contributed by atoms with Gasteiger partial charge in [0, 0.05) is 13.6 Å². The minimum absolute atomic E-state index is 0.0749. The number of nitrogens with two attached hydrogens (primary N) is 1. The van der Waals surface area contributed by atoms with Crippen LogP contribution in [0.1, 0.15) is 13.3 Å². The van der Waals surface area contributed by atoms with Gasteiger partial charge in [-0.1, -0.05) is 18.7 Å². The van der Waals surface area contributed by atoms with E-state index >= 15 is 0 Å². The van der Waals surface area contributed by atoms with Crippen molar-refractivity contribution < 1.29 is 9.59 Å². The van der Waals surface area contributed by atoms with Gasteiger partial charge in [-0.05, 0) is 6.42 Å². The Bertz CT molecular complexity index is 433. The van der Waals surface area contributed by atoms with E-state index in [4.69, 9.17) is 5.73 Å². The zero-order valence-corrected chi connectivity index (χ0v) is 11.1. The SMILES string of the molecule is CCCNC(=O)NC(=O)CSc1nnc(N)n1C. The number of hydrogen-bond acceptors (Lipinski definition) is 6. The summed E-state index contributed by atoms with van der Waals surface area (Å²) < 4.78 is 1.56. The van der Waals surface area contributed by atoms with E-state index in [2.05, 4.69) is 20.8 Å². The Morgan fingerprint density at radius 2 is 2.17 bits per heavy atom. The minimum Gasteiger partial charge on any atom is -0.368 e. The molecule has 1 rings (SSSR count). The molecule has 0 aliphatic rings. The summed E-state index contributed by atoms with van der Waals surface area (Å²) >= 11 is 1.16. The van der Waals surface area contributed by atoms with E-state index in [1.807, 2.05) is 6.92 Å². The summed E-state index contributed by atoms with van der Waals surface area (Å²) in [6.07, 6.45) is 0.814. The number of anilines is 1. The van der Waals surface area contributed by atoms with Gasteiger partial charge in [0.05, 0.1) is 5.75 Å². The first-order valence-electron chi connectivity index (χ1n) is 5.40. The molecule has 0 aliphatic carbocycles. The summed E-state index contributed by atoms with van der Waals surface area (Å²) in [6.45, 7) is 2.46. The molecule has 1 aromatic rings. The predicted molar refractivity (Wildman–Crippen MR) is 68.0 cm³/mol. The molecule has 3 amide bonds. The van der Waals surface area contributed by atoms with Crippen molar-refractivity contribution in [2.45, 2.75) is 18.5 Å². The number of carbonyl (C=O) groups excluding carboxylic acids is 2. The molecule has 18 heavy (non-hydrogen) atoms. The Morgan fingerprint density at radius 1 is 1.44 bits per heavy atom. The second kappa shape index (κ2) is 6.84. The number of aromatic nitrogens is 3. The van der Waals surface area contributed by atoms with E-state index in [-0.39, 0.29) is 11.7 Å². The molecule has 1 aromatic heterocycles. The zero-order valence-electron chi connectivity index (χ0n) is 10.3. The van der Waals surface area contributed by atoms with Gasteiger partial charge in [0.15, 0.2) is 5.16 Å². The quantitative estimate of drug-likeness (QED) is 0.635. The predicted octanol–water partition coefficient (Wildman–Crippen LogP) is -0.275. The van der Waals surface area contributed by atoms with Crippen LogP contribution in [-0.4, -0.2) is 39.0 Å². The van der Waals surface area contributed by atoms with Crippen molar-refractivity contribution in [2.75, 3.05) is 18.0 Å². The molecular weight excluding hydrogens is 256 g/mol. The van der Waals surface area contributed by atoms with Gasteiger partial charge in [-0.2, -0.15) is 0 Å². The summed E-state index contributed by atoms with van der Waals surface area (Å²) in [4.78, 5) is 22.6. The number of urea groups is 1. The average Bonchev–Trinajstić information content (AvgIpc) is 2.65. The number of imide groups is 1. The Hall–Kier alpha value is -1.77. The summed E-state index contributed by atoms with van der Waals surface area (Å²) in [6, 6.07) is -0.486. The van der Waals surface area contributed by atoms with Crippen molar-refractivity contribution in [2.24, 2.45) is 7.05 Å². The molecule has 4 N–H and O–H groups in total. The highest BCUT2D eigenvalue weighted by Crippen LogP contribution is 2.15. The van der Waals surface area contributed by atoms with Gasteiger partial charge >= 0.3 is 6.03 Å². The first-order valence-corrected chi connectivity index (χ1v) is 6.38. The Kier molecular flexibility index (Phi) is 5.43. The minimum atomic E-state index is -0.486. The first kappa shape index (κ1) is 14.3. The van der Waals surface area contributed by atoms with Crippen molar-refractivity contribution in [3.05, 3.63) is 0 Å². The normalized spacial score (nSPS) is 10.1. The number of hydrogen-bond donors (Lipinski definition) is 3. The number of nitrogens with zero attached hydrogens (tertiary/aromatic N) is 3. The number of carbonyl (C=O) groups is 2. The van der Waals surface area contributed by atoms with E-state index in [0.29, 0.717) is 11.7 Å². The topological polar surface area (TPSA) is 115 Å². The lowest BCUT2D eigenvalue weighted by atomic mass is 10.5. The van der Waals surface area contributed by atoms with E-state index in [0.717, 1.165) is 18.2 Å². The lowest BCUT2D eigenvalue weighted by molar-refractivity contribution is -0.117. The van der Waals surface area contributed by atoms with Crippen LogP contribution in [0.5, 0.6) is 0 Å². The first-order chi connectivity index (χ1) is 8.54. The average molecular weight is 272 g/mol. The third kappa shape index (κ3) is 4.24. The van der Waals surface area contributed by atoms with Crippen LogP contribution in [0.3, 0.4) is 0 Å². The van der Waals surface area contributed by atoms with Crippen LogP contribution in [0.15, 0.2) is 5.16 Å². The fourth-order valence-electron chi connectivity index (χ4n) is 1.03. The number of nitrogen functional groups attached to an aromatic ring is 1. The van der Waals surface area contributed by atoms with Crippen LogP contribution < -0.4 is 16.4 Å². The van der Waals surface area contributed by atoms with Crippen LogP contribution in [-0.2, 0) is 11.8 Å². The van der Waals surface area contributed by atoms with Gasteiger partial charge in [0.25, 0.3) is 0 Å². The smallest absolute Gasteiger partial charge is 0.321 e. The number of nitrogens with one attached hydrogen (secondary N) is 2. The van der Waals surface area contributed by atoms with Crippen LogP contribution in [0.25, 0.3) is 0 Å². The molecule has 1 heterocycles. The molecule has 0 saturated carbocycles. The second-order valence-corrected chi connectivity index (χ2v) is 4.44. The summed E-state index contributed by atoms with van der Waals surface area (Å²) in [5.41, 5.74) is 5.49. The van der Waals surface area contributed by atoms with Crippen LogP contribution in [0, 0.1) is 0 Å². The van der Waals surface area contributed by atoms with Gasteiger partial charge in [0.1, 0.15) is 0 Å². The highest BCUT2D eigenvalue weighted by molar-refractivity contribution is 7.99. The highest BCUT2D eigenvalue weighted by atomic mass is 32.2. The maximum atomic E-state index is 11.4. The van der Waals surface area contributed by atoms with Gasteiger partial charge in [-0.3, -0.25) is 14.7 Å². The summed E-state index contributed by atoms with van der Waals surface area (Å²) in [5.74, 6) is -0.0420. The fourth-order valence-corrected chi connectivity index (χ4v) is 1.75. The maximum Gasteiger partial charge on any atom is 0.321 e. The molecule has 0 spiro atoms. The molecule has 0 aromatic carbocycles. The van der Waals surface area contributed by atoms with Gasteiger partial charge in [-0.25, -0.2) is 4.79 Å². The van der Waals surface area contributed by atoms with Crippen molar-refractivity contribution in [1.29, 1.82) is 0 Å². The monoisotopic (exact) mass is 272 g/mol. The Labute approximate surface area is 109 Å². The lowest BCUT2D eigenvalue weighted by Gasteiger charge is -2.05. The largest absolute Gasteiger partial charge is 0.368 e. The van der Waals surface area contributed by atoms with Crippen molar-refractivity contribution in [1.82, 2.24) is 25.4 Å². The molecule has 0 bridgehead atoms. The van der Waals surface area contributed by atoms with E-state index in [9.17, 15) is 9.59 Å². The van der Waals surface area contributed by atoms with E-state index in [1.54, 1.807) is 11.6 Å². The van der Waals surface area contributed by atoms with Crippen LogP contribution >= 0.6 is 11.8 Å². The zero-order chi connectivity index (χ0) is 13.5. The van der Waals surface area contributed by atoms with E-state index < -0.39 is 11.9 Å². The number of rotatable bonds is 5. The molecule has 0 unspecified atom stereocenters. The molecule has 0 aliphatic heterocycles. The summed E-state index contributed by atoms with van der Waals surface area (Å²) in [5, 5.41) is 12.7. The van der Waals surface area contributed by atoms with Gasteiger partial charge in [-0.15, -0.1) is 10.2 Å². The second-order valence-electron chi connectivity index (χ2n) is 3.49. The lowest BCUT2D eigenvalue weighted by Crippen LogP contribution is -2.40. The summed E-state index contributed by atoms with van der Waals surface area (Å²) in [7, 11) is 1.70. The molecule has 0 fully saturated rings. The molecule has 0 atom stereocenters. The third-order valence-electron chi connectivity index (χ3n) is 1.99. The van der Waals surface area contributed by atoms with Crippen molar-refractivity contribution in [3.63, 3.8) is 0 Å². The molecule has 100 valence electrons. The maximum absolute atomic E-state index is 11.4. The third-order valence-corrected chi connectivity index (χ3v) is 3.01. The molecular formula is C9H16N6O2S. The number of amides is 3. The molecule has 9 heteroatoms. The van der Waals surface area contributed by atoms with Crippen molar-refractivity contribution in [3.8, 4) is 0 Å². The Balaban J connectivity index is 2.33. The van der Waals surface area contributed by atoms with Gasteiger partial charge < -0.3 is 11.1 Å². The van der Waals surface area contributed by atoms with Crippen LogP contribution in [0.4, 0.5) is 10.7 Å². The van der Waals surface area contributed by atoms with Crippen LogP contribution in [0.2, 0.25) is 0 Å². The van der Waals surface area contributed by atoms with Gasteiger partial charge in [0.2, 0.25) is 11.9 Å². The molecule has 0 radical (unpaired) electrons. The molecule has 8 nitrogen and oxygen atoms in total. The Morgan fingerprint density at radius 3 is 2.72 bits per heavy atom. The highest BCUT2D eigenvalue weighted by Gasteiger charge is 2.11. The van der Waals surface area contributed by atoms with Crippen molar-refractivity contribution >= 4 is 29.6 Å².